The number of halogens is 1. The Labute approximate surface area is 237 Å². The Bertz CT molecular complexity index is 1280. The summed E-state index contributed by atoms with van der Waals surface area (Å²) in [5.74, 6) is -0.0201. The number of β-amino-alcohol motifs (C(OH)–C–C–N with tert-alkyl or cyclic N) is 1. The zero-order chi connectivity index (χ0) is 28.9. The van der Waals surface area contributed by atoms with Crippen LogP contribution in [0.15, 0.2) is 36.4 Å². The summed E-state index contributed by atoms with van der Waals surface area (Å²) < 4.78 is 12.3. The number of amides is 2. The Morgan fingerprint density at radius 1 is 1.21 bits per heavy atom. The largest absolute Gasteiger partial charge is 0.496 e. The van der Waals surface area contributed by atoms with Crippen LogP contribution in [0.3, 0.4) is 0 Å². The summed E-state index contributed by atoms with van der Waals surface area (Å²) in [6.07, 6.45) is -0.571. The molecule has 2 N–H and O–H groups in total. The van der Waals surface area contributed by atoms with E-state index in [9.17, 15) is 14.7 Å². The number of ether oxygens (including phenoxy) is 1. The maximum absolute atomic E-state index is 14.1. The molecule has 1 fully saturated rings. The quantitative estimate of drug-likeness (QED) is 0.471. The Morgan fingerprint density at radius 2 is 1.90 bits per heavy atom. The average molecular weight is 574 g/mol. The molecule has 2 amide bonds. The number of carbonyl (C=O) groups excluding carboxylic acids is 2. The number of likely N-dealkylation sites (tertiary alicyclic amines) is 1. The fourth-order valence-corrected chi connectivity index (χ4v) is 6.42. The van der Waals surface area contributed by atoms with E-state index in [2.05, 4.69) is 39.2 Å². The lowest BCUT2D eigenvalue weighted by molar-refractivity contribution is -0.138. The van der Waals surface area contributed by atoms with E-state index in [1.54, 1.807) is 44.3 Å². The second kappa shape index (κ2) is 10.5. The average Bonchev–Trinajstić information content (AvgIpc) is 3.38. The first-order valence-electron chi connectivity index (χ1n) is 13.2. The first kappa shape index (κ1) is 29.5. The number of likely N-dealkylation sites (N-methyl/N-ethyl adjacent to an activating group) is 1. The summed E-state index contributed by atoms with van der Waals surface area (Å²) in [5.41, 5.74) is 1.27. The van der Waals surface area contributed by atoms with Gasteiger partial charge in [0.2, 0.25) is 5.91 Å². The maximum Gasteiger partial charge on any atom is 0.254 e. The second-order valence-corrected chi connectivity index (χ2v) is 17.5. The van der Waals surface area contributed by atoms with Crippen molar-refractivity contribution in [2.75, 3.05) is 33.1 Å². The lowest BCUT2D eigenvalue weighted by Crippen LogP contribution is -2.57. The van der Waals surface area contributed by atoms with Crippen molar-refractivity contribution in [3.05, 3.63) is 58.1 Å². The first-order valence-corrected chi connectivity index (χ1v) is 16.5. The molecule has 212 valence electrons. The molecule has 0 bridgehead atoms. The Kier molecular flexibility index (Phi) is 7.97. The van der Waals surface area contributed by atoms with Gasteiger partial charge in [0.1, 0.15) is 5.75 Å². The van der Waals surface area contributed by atoms with Crippen LogP contribution in [0.5, 0.6) is 5.75 Å². The molecule has 4 rings (SSSR count). The van der Waals surface area contributed by atoms with Crippen molar-refractivity contribution in [3.8, 4) is 5.75 Å². The molecule has 1 unspecified atom stereocenters. The van der Waals surface area contributed by atoms with Gasteiger partial charge in [-0.2, -0.15) is 0 Å². The van der Waals surface area contributed by atoms with Gasteiger partial charge >= 0.3 is 0 Å². The van der Waals surface area contributed by atoms with Crippen LogP contribution in [-0.2, 0) is 26.2 Å². The van der Waals surface area contributed by atoms with Gasteiger partial charge in [0.15, 0.2) is 13.9 Å². The van der Waals surface area contributed by atoms with Gasteiger partial charge in [0.05, 0.1) is 25.9 Å². The van der Waals surface area contributed by atoms with Crippen molar-refractivity contribution < 1.29 is 23.9 Å². The molecule has 8 nitrogen and oxygen atoms in total. The lowest BCUT2D eigenvalue weighted by atomic mass is 9.80. The topological polar surface area (TPSA) is 91.3 Å². The van der Waals surface area contributed by atoms with Crippen molar-refractivity contribution in [2.45, 2.75) is 69.6 Å². The third-order valence-corrected chi connectivity index (χ3v) is 13.2. The molecule has 0 spiro atoms. The third kappa shape index (κ3) is 5.11. The number of carbonyl (C=O) groups is 2. The Morgan fingerprint density at radius 3 is 2.51 bits per heavy atom. The molecular weight excluding hydrogens is 534 g/mol. The molecule has 2 aliphatic heterocycles. The molecule has 2 aromatic carbocycles. The number of aliphatic hydroxyl groups excluding tert-OH is 1. The summed E-state index contributed by atoms with van der Waals surface area (Å²) in [5, 5.41) is 14.3. The molecule has 39 heavy (non-hydrogen) atoms. The standard InChI is InChI=1S/C29H40ClN3O5Si/c1-28(2,3)39(7,8)38-17-18-9-11-21(25(13-18)37-6)29(22-14-19(30)10-12-23(22)31-27(29)36)33-16-20(34)15-24(33)26(35)32(4)5/h9-14,20,24,34H,15-17H2,1-8H3,(H,31,36)/t20-,24+,29?/m1/s1. The number of hydrogen-bond acceptors (Lipinski definition) is 6. The van der Waals surface area contributed by atoms with Crippen molar-refractivity contribution in [1.29, 1.82) is 0 Å². The zero-order valence-corrected chi connectivity index (χ0v) is 25.8. The van der Waals surface area contributed by atoms with Gasteiger partial charge < -0.3 is 24.5 Å². The predicted molar refractivity (Wildman–Crippen MR) is 156 cm³/mol. The van der Waals surface area contributed by atoms with E-state index in [0.717, 1.165) is 5.56 Å². The van der Waals surface area contributed by atoms with Gasteiger partial charge in [0, 0.05) is 42.5 Å². The highest BCUT2D eigenvalue weighted by Gasteiger charge is 2.59. The number of rotatable bonds is 7. The van der Waals surface area contributed by atoms with E-state index < -0.39 is 26.0 Å². The molecule has 2 heterocycles. The molecular formula is C29H40ClN3O5Si. The highest BCUT2D eigenvalue weighted by Crippen LogP contribution is 2.51. The van der Waals surface area contributed by atoms with Gasteiger partial charge in [-0.05, 0) is 54.4 Å². The number of fused-ring (bicyclic) bond motifs is 1. The van der Waals surface area contributed by atoms with Crippen LogP contribution < -0.4 is 10.1 Å². The summed E-state index contributed by atoms with van der Waals surface area (Å²) >= 11 is 6.46. The van der Waals surface area contributed by atoms with Crippen LogP contribution in [0.25, 0.3) is 0 Å². The van der Waals surface area contributed by atoms with Crippen LogP contribution >= 0.6 is 11.6 Å². The molecule has 2 aromatic rings. The van der Waals surface area contributed by atoms with Crippen LogP contribution in [0.4, 0.5) is 5.69 Å². The van der Waals surface area contributed by atoms with Crippen LogP contribution in [0.1, 0.15) is 43.9 Å². The number of benzene rings is 2. The summed E-state index contributed by atoms with van der Waals surface area (Å²) in [6, 6.07) is 10.2. The van der Waals surface area contributed by atoms with Gasteiger partial charge in [-0.1, -0.05) is 44.5 Å². The van der Waals surface area contributed by atoms with E-state index in [-0.39, 0.29) is 29.8 Å². The molecule has 1 saturated heterocycles. The lowest BCUT2D eigenvalue weighted by Gasteiger charge is -2.41. The summed E-state index contributed by atoms with van der Waals surface area (Å²) in [6.45, 7) is 11.6. The highest BCUT2D eigenvalue weighted by atomic mass is 35.5. The minimum Gasteiger partial charge on any atom is -0.496 e. The minimum atomic E-state index is -1.99. The summed E-state index contributed by atoms with van der Waals surface area (Å²) in [4.78, 5) is 30.8. The number of methoxy groups -OCH3 is 1. The van der Waals surface area contributed by atoms with Gasteiger partial charge in [-0.3, -0.25) is 14.5 Å². The monoisotopic (exact) mass is 573 g/mol. The van der Waals surface area contributed by atoms with Gasteiger partial charge in [0.25, 0.3) is 5.91 Å². The number of nitrogens with one attached hydrogen (secondary N) is 1. The van der Waals surface area contributed by atoms with Crippen molar-refractivity contribution in [1.82, 2.24) is 9.80 Å². The number of anilines is 1. The molecule has 2 aliphatic rings. The SMILES string of the molecule is COc1cc(CO[Si](C)(C)C(C)(C)C)ccc1C1(N2C[C@H](O)C[C@H]2C(=O)N(C)C)C(=O)Nc2ccc(Cl)cc21. The van der Waals surface area contributed by atoms with Crippen molar-refractivity contribution in [3.63, 3.8) is 0 Å². The fraction of sp³-hybridized carbons (Fsp3) is 0.517. The number of nitrogens with zero attached hydrogens (tertiary/aromatic N) is 2. The molecule has 0 saturated carbocycles. The zero-order valence-electron chi connectivity index (χ0n) is 24.1. The van der Waals surface area contributed by atoms with Crippen molar-refractivity contribution >= 4 is 37.4 Å². The Balaban J connectivity index is 1.89. The number of aliphatic hydroxyl groups is 1. The smallest absolute Gasteiger partial charge is 0.254 e. The second-order valence-electron chi connectivity index (χ2n) is 12.2. The molecule has 10 heteroatoms. The molecule has 0 radical (unpaired) electrons. The maximum atomic E-state index is 14.1. The van der Waals surface area contributed by atoms with E-state index >= 15 is 0 Å². The molecule has 0 aliphatic carbocycles. The fourth-order valence-electron chi connectivity index (χ4n) is 5.29. The first-order chi connectivity index (χ1) is 18.1. The van der Waals surface area contributed by atoms with Gasteiger partial charge in [-0.25, -0.2) is 0 Å². The van der Waals surface area contributed by atoms with E-state index in [4.69, 9.17) is 20.8 Å². The Hall–Kier alpha value is -2.43. The van der Waals surface area contributed by atoms with Crippen molar-refractivity contribution in [2.24, 2.45) is 0 Å². The molecule has 0 aromatic heterocycles. The number of hydrogen-bond donors (Lipinski definition) is 2. The van der Waals surface area contributed by atoms with E-state index in [1.807, 2.05) is 18.2 Å². The molecule has 3 atom stereocenters. The van der Waals surface area contributed by atoms with E-state index in [1.165, 1.54) is 4.90 Å². The highest BCUT2D eigenvalue weighted by molar-refractivity contribution is 6.74. The normalized spacial score (nSPS) is 23.5. The van der Waals surface area contributed by atoms with Crippen LogP contribution in [0, 0.1) is 0 Å². The third-order valence-electron chi connectivity index (χ3n) is 8.45. The summed E-state index contributed by atoms with van der Waals surface area (Å²) in [7, 11) is 2.93. The predicted octanol–water partition coefficient (Wildman–Crippen LogP) is 4.59. The van der Waals surface area contributed by atoms with E-state index in [0.29, 0.717) is 34.2 Å². The van der Waals surface area contributed by atoms with Crippen LogP contribution in [-0.4, -0.2) is 74.9 Å². The van der Waals surface area contributed by atoms with Gasteiger partial charge in [-0.15, -0.1) is 0 Å². The van der Waals surface area contributed by atoms with Crippen LogP contribution in [0.2, 0.25) is 23.2 Å². The minimum absolute atomic E-state index is 0.0660.